The molecule has 0 aliphatic rings. The molecule has 9 heteroatoms. The summed E-state index contributed by atoms with van der Waals surface area (Å²) in [4.78, 5) is 11.8. The van der Waals surface area contributed by atoms with Gasteiger partial charge in [-0.1, -0.05) is 12.1 Å². The number of halogens is 3. The van der Waals surface area contributed by atoms with E-state index in [2.05, 4.69) is 36.4 Å². The van der Waals surface area contributed by atoms with Gasteiger partial charge in [-0.05, 0) is 48.7 Å². The molecule has 0 aliphatic carbocycles. The lowest BCUT2D eigenvalue weighted by Crippen LogP contribution is -2.17. The van der Waals surface area contributed by atoms with Gasteiger partial charge < -0.3 is 20.4 Å². The molecule has 4 rings (SSSR count). The lowest BCUT2D eigenvalue weighted by molar-refractivity contribution is -0.274. The Balaban J connectivity index is 1.50. The molecule has 0 bridgehead atoms. The van der Waals surface area contributed by atoms with Crippen LogP contribution >= 0.6 is 0 Å². The number of ether oxygens (including phenoxy) is 1. The second-order valence-electron chi connectivity index (χ2n) is 6.35. The third-order valence-electron chi connectivity index (χ3n) is 4.01. The third kappa shape index (κ3) is 4.75. The number of aryl methyl sites for hydroxylation is 1. The predicted octanol–water partition coefficient (Wildman–Crippen LogP) is 5.65. The first kappa shape index (κ1) is 18.6. The maximum atomic E-state index is 12.4. The molecule has 29 heavy (non-hydrogen) atoms. The van der Waals surface area contributed by atoms with Gasteiger partial charge in [-0.15, -0.1) is 13.2 Å². The van der Waals surface area contributed by atoms with Crippen LogP contribution in [0, 0.1) is 6.92 Å². The summed E-state index contributed by atoms with van der Waals surface area (Å²) in [7, 11) is 0. The normalized spacial score (nSPS) is 11.4. The number of H-pyrrole nitrogens is 1. The number of rotatable bonds is 5. The Labute approximate surface area is 163 Å². The summed E-state index contributed by atoms with van der Waals surface area (Å²) in [6.07, 6.45) is -3.20. The van der Waals surface area contributed by atoms with Crippen LogP contribution in [0.5, 0.6) is 5.75 Å². The Bertz CT molecular complexity index is 1160. The number of anilines is 4. The maximum Gasteiger partial charge on any atom is 0.573 e. The van der Waals surface area contributed by atoms with E-state index < -0.39 is 6.36 Å². The van der Waals surface area contributed by atoms with E-state index in [0.717, 1.165) is 22.3 Å². The van der Waals surface area contributed by atoms with Crippen molar-refractivity contribution in [1.82, 2.24) is 15.0 Å². The topological polar surface area (TPSA) is 74.9 Å². The van der Waals surface area contributed by atoms with Crippen LogP contribution in [0.4, 0.5) is 36.3 Å². The standard InChI is InChI=1S/C20H16F3N5O/c1-12-9-13-5-6-15(11-17(13)25-12)27-19-24-8-7-18(28-19)26-14-3-2-4-16(10-14)29-20(21,22)23/h2-11,25H,1H3,(H2,24,26,27,28). The van der Waals surface area contributed by atoms with E-state index in [4.69, 9.17) is 0 Å². The third-order valence-corrected chi connectivity index (χ3v) is 4.01. The monoisotopic (exact) mass is 399 g/mol. The smallest absolute Gasteiger partial charge is 0.406 e. The molecule has 0 radical (unpaired) electrons. The van der Waals surface area contributed by atoms with Crippen LogP contribution in [0.3, 0.4) is 0 Å². The summed E-state index contributed by atoms with van der Waals surface area (Å²) in [5, 5.41) is 7.17. The number of nitrogens with zero attached hydrogens (tertiary/aromatic N) is 2. The Kier molecular flexibility index (Phi) is 4.71. The first-order chi connectivity index (χ1) is 13.8. The molecule has 2 aromatic carbocycles. The van der Waals surface area contributed by atoms with Crippen molar-refractivity contribution in [2.45, 2.75) is 13.3 Å². The minimum atomic E-state index is -4.75. The van der Waals surface area contributed by atoms with Gasteiger partial charge in [-0.25, -0.2) is 4.98 Å². The number of hydrogen-bond donors (Lipinski definition) is 3. The van der Waals surface area contributed by atoms with Crippen molar-refractivity contribution >= 4 is 34.0 Å². The van der Waals surface area contributed by atoms with Crippen molar-refractivity contribution in [2.24, 2.45) is 0 Å². The number of fused-ring (bicyclic) bond motifs is 1. The number of aromatic amines is 1. The van der Waals surface area contributed by atoms with E-state index in [1.165, 1.54) is 18.2 Å². The van der Waals surface area contributed by atoms with Gasteiger partial charge in [0.1, 0.15) is 11.6 Å². The highest BCUT2D eigenvalue weighted by Crippen LogP contribution is 2.27. The SMILES string of the molecule is Cc1cc2ccc(Nc3nccc(Nc4cccc(OC(F)(F)F)c4)n3)cc2[nH]1. The second-order valence-corrected chi connectivity index (χ2v) is 6.35. The van der Waals surface area contributed by atoms with Crippen LogP contribution in [0.25, 0.3) is 10.9 Å². The van der Waals surface area contributed by atoms with Gasteiger partial charge in [0.05, 0.1) is 0 Å². The molecule has 0 fully saturated rings. The zero-order chi connectivity index (χ0) is 20.4. The lowest BCUT2D eigenvalue weighted by Gasteiger charge is -2.11. The van der Waals surface area contributed by atoms with Gasteiger partial charge in [0.15, 0.2) is 0 Å². The summed E-state index contributed by atoms with van der Waals surface area (Å²) in [5.74, 6) is 0.452. The van der Waals surface area contributed by atoms with Crippen molar-refractivity contribution < 1.29 is 17.9 Å². The Morgan fingerprint density at radius 1 is 0.966 bits per heavy atom. The summed E-state index contributed by atoms with van der Waals surface area (Å²) < 4.78 is 41.1. The molecule has 0 amide bonds. The molecule has 4 aromatic rings. The van der Waals surface area contributed by atoms with Gasteiger partial charge >= 0.3 is 6.36 Å². The molecule has 0 saturated carbocycles. The fraction of sp³-hybridized carbons (Fsp3) is 0.100. The van der Waals surface area contributed by atoms with Crippen LogP contribution < -0.4 is 15.4 Å². The van der Waals surface area contributed by atoms with Crippen LogP contribution in [0.1, 0.15) is 5.69 Å². The largest absolute Gasteiger partial charge is 0.573 e. The Morgan fingerprint density at radius 2 is 1.79 bits per heavy atom. The van der Waals surface area contributed by atoms with Crippen molar-refractivity contribution in [1.29, 1.82) is 0 Å². The molecule has 2 aromatic heterocycles. The van der Waals surface area contributed by atoms with Gasteiger partial charge in [0, 0.05) is 34.8 Å². The van der Waals surface area contributed by atoms with Crippen molar-refractivity contribution in [3.05, 3.63) is 66.5 Å². The van der Waals surface area contributed by atoms with Crippen LogP contribution in [-0.2, 0) is 0 Å². The number of benzene rings is 2. The molecule has 0 saturated heterocycles. The molecule has 2 heterocycles. The molecule has 0 atom stereocenters. The summed E-state index contributed by atoms with van der Waals surface area (Å²) in [6, 6.07) is 15.0. The Hall–Kier alpha value is -3.75. The van der Waals surface area contributed by atoms with E-state index in [1.807, 2.05) is 25.1 Å². The molecule has 3 N–H and O–H groups in total. The van der Waals surface area contributed by atoms with Crippen molar-refractivity contribution in [3.8, 4) is 5.75 Å². The second kappa shape index (κ2) is 7.34. The molecule has 0 aliphatic heterocycles. The summed E-state index contributed by atoms with van der Waals surface area (Å²) >= 11 is 0. The average molecular weight is 399 g/mol. The highest BCUT2D eigenvalue weighted by Gasteiger charge is 2.31. The fourth-order valence-electron chi connectivity index (χ4n) is 2.89. The molecule has 148 valence electrons. The first-order valence-electron chi connectivity index (χ1n) is 8.66. The quantitative estimate of drug-likeness (QED) is 0.404. The van der Waals surface area contributed by atoms with Gasteiger partial charge in [-0.2, -0.15) is 4.98 Å². The maximum absolute atomic E-state index is 12.4. The number of alkyl halides is 3. The zero-order valence-corrected chi connectivity index (χ0v) is 15.2. The van der Waals surface area contributed by atoms with E-state index >= 15 is 0 Å². The van der Waals surface area contributed by atoms with E-state index in [0.29, 0.717) is 17.5 Å². The summed E-state index contributed by atoms with van der Waals surface area (Å²) in [6.45, 7) is 1.99. The van der Waals surface area contributed by atoms with Crippen LogP contribution in [0.2, 0.25) is 0 Å². The van der Waals surface area contributed by atoms with Crippen LogP contribution in [-0.4, -0.2) is 21.3 Å². The number of aromatic nitrogens is 3. The fourth-order valence-corrected chi connectivity index (χ4v) is 2.89. The van der Waals surface area contributed by atoms with E-state index in [-0.39, 0.29) is 5.75 Å². The molecule has 6 nitrogen and oxygen atoms in total. The zero-order valence-electron chi connectivity index (χ0n) is 15.2. The van der Waals surface area contributed by atoms with Gasteiger partial charge in [0.2, 0.25) is 5.95 Å². The first-order valence-corrected chi connectivity index (χ1v) is 8.66. The lowest BCUT2D eigenvalue weighted by atomic mass is 10.2. The minimum absolute atomic E-state index is 0.315. The minimum Gasteiger partial charge on any atom is -0.406 e. The van der Waals surface area contributed by atoms with Gasteiger partial charge in [-0.3, -0.25) is 0 Å². The van der Waals surface area contributed by atoms with Crippen molar-refractivity contribution in [2.75, 3.05) is 10.6 Å². The predicted molar refractivity (Wildman–Crippen MR) is 105 cm³/mol. The number of nitrogens with one attached hydrogen (secondary N) is 3. The summed E-state index contributed by atoms with van der Waals surface area (Å²) in [5.41, 5.74) is 3.26. The highest BCUT2D eigenvalue weighted by molar-refractivity contribution is 5.84. The Morgan fingerprint density at radius 3 is 2.62 bits per heavy atom. The van der Waals surface area contributed by atoms with E-state index in [1.54, 1.807) is 18.3 Å². The average Bonchev–Trinajstić information content (AvgIpc) is 3.00. The molecule has 0 spiro atoms. The molecular weight excluding hydrogens is 383 g/mol. The van der Waals surface area contributed by atoms with Crippen LogP contribution in [0.15, 0.2) is 60.8 Å². The van der Waals surface area contributed by atoms with Crippen molar-refractivity contribution in [3.63, 3.8) is 0 Å². The molecule has 0 unspecified atom stereocenters. The van der Waals surface area contributed by atoms with E-state index in [9.17, 15) is 13.2 Å². The molecular formula is C20H16F3N5O. The number of hydrogen-bond acceptors (Lipinski definition) is 5. The highest BCUT2D eigenvalue weighted by atomic mass is 19.4. The van der Waals surface area contributed by atoms with Gasteiger partial charge in [0.25, 0.3) is 0 Å².